The number of anilines is 2. The highest BCUT2D eigenvalue weighted by molar-refractivity contribution is 5.90. The Kier molecular flexibility index (Phi) is 5.61. The van der Waals surface area contributed by atoms with Crippen molar-refractivity contribution in [2.75, 3.05) is 43.4 Å². The molecule has 0 atom stereocenters. The van der Waals surface area contributed by atoms with Crippen molar-refractivity contribution in [3.05, 3.63) is 60.4 Å². The normalized spacial score (nSPS) is 15.3. The van der Waals surface area contributed by atoms with Crippen LogP contribution in [0.5, 0.6) is 0 Å². The lowest BCUT2D eigenvalue weighted by atomic mass is 9.98. The summed E-state index contributed by atoms with van der Waals surface area (Å²) < 4.78 is 23.8. The lowest BCUT2D eigenvalue weighted by molar-refractivity contribution is 0.0782. The topological polar surface area (TPSA) is 114 Å². The molecule has 1 fully saturated rings. The van der Waals surface area contributed by atoms with Gasteiger partial charge in [0.25, 0.3) is 0 Å². The number of rotatable bonds is 6. The Balaban J connectivity index is 1.14. The molecule has 0 unspecified atom stereocenters. The van der Waals surface area contributed by atoms with Gasteiger partial charge in [-0.15, -0.1) is 0 Å². The fraction of sp³-hybridized carbons (Fsp3) is 0.346. The highest BCUT2D eigenvalue weighted by Crippen LogP contribution is 2.28. The van der Waals surface area contributed by atoms with Crippen molar-refractivity contribution < 1.29 is 13.9 Å². The molecule has 0 amide bonds. The van der Waals surface area contributed by atoms with Gasteiger partial charge in [0.15, 0.2) is 11.4 Å². The monoisotopic (exact) mass is 504 g/mol. The van der Waals surface area contributed by atoms with Gasteiger partial charge in [-0.1, -0.05) is 6.07 Å². The van der Waals surface area contributed by atoms with E-state index in [0.29, 0.717) is 34.9 Å². The van der Waals surface area contributed by atoms with Gasteiger partial charge in [0.2, 0.25) is 5.95 Å². The first-order chi connectivity index (χ1) is 17.8. The first-order valence-electron chi connectivity index (χ1n) is 12.3. The molecule has 4 aromatic heterocycles. The van der Waals surface area contributed by atoms with Gasteiger partial charge in [0.1, 0.15) is 22.5 Å². The van der Waals surface area contributed by atoms with Crippen LogP contribution in [0.2, 0.25) is 0 Å². The number of aromatic nitrogens is 5. The molecular weight excluding hydrogens is 475 g/mol. The summed E-state index contributed by atoms with van der Waals surface area (Å²) in [6.07, 6.45) is 3.39. The summed E-state index contributed by atoms with van der Waals surface area (Å²) in [5.41, 5.74) is 9.19. The van der Waals surface area contributed by atoms with Gasteiger partial charge in [-0.3, -0.25) is 4.90 Å². The van der Waals surface area contributed by atoms with E-state index >= 15 is 0 Å². The van der Waals surface area contributed by atoms with Crippen LogP contribution >= 0.6 is 0 Å². The zero-order valence-corrected chi connectivity index (χ0v) is 20.8. The number of halogens is 1. The van der Waals surface area contributed by atoms with Crippen LogP contribution in [-0.4, -0.2) is 66.9 Å². The Morgan fingerprint density at radius 1 is 1.11 bits per heavy atom. The molecule has 0 bridgehead atoms. The predicted molar refractivity (Wildman–Crippen MR) is 139 cm³/mol. The minimum atomic E-state index is -1.07. The van der Waals surface area contributed by atoms with Crippen LogP contribution in [0.1, 0.15) is 19.4 Å². The maximum absolute atomic E-state index is 14.8. The third-order valence-electron chi connectivity index (χ3n) is 7.00. The molecule has 1 saturated heterocycles. The molecule has 192 valence electrons. The van der Waals surface area contributed by atoms with Crippen LogP contribution in [0, 0.1) is 5.82 Å². The molecular formula is C26H29FN8O2. The Morgan fingerprint density at radius 3 is 2.62 bits per heavy atom. The van der Waals surface area contributed by atoms with Crippen molar-refractivity contribution >= 4 is 28.3 Å². The Morgan fingerprint density at radius 2 is 1.92 bits per heavy atom. The van der Waals surface area contributed by atoms with Gasteiger partial charge < -0.3 is 24.7 Å². The molecule has 1 aliphatic rings. The van der Waals surface area contributed by atoms with Gasteiger partial charge in [-0.05, 0) is 49.7 Å². The van der Waals surface area contributed by atoms with Crippen LogP contribution in [-0.2, 0) is 12.1 Å². The minimum Gasteiger partial charge on any atom is -0.463 e. The first kappa shape index (κ1) is 23.4. The maximum Gasteiger partial charge on any atom is 0.223 e. The standard InChI is InChI=1S/C26H29FN8O2/c1-26(2,36)17-5-6-20(18(27)14-17)33-10-7-32(8-11-33)9-12-34-16-29-23-21-15-19(22-4-3-13-37-22)31-35(21)25(28)30-24(23)34/h3-6,13-16,36H,7-12H2,1-2H3,(H2,28,30). The number of furan rings is 1. The number of fused-ring (bicyclic) bond motifs is 3. The second-order valence-electron chi connectivity index (χ2n) is 9.94. The number of hydrogen-bond acceptors (Lipinski definition) is 8. The second-order valence-corrected chi connectivity index (χ2v) is 9.94. The van der Waals surface area contributed by atoms with E-state index in [1.54, 1.807) is 43.1 Å². The van der Waals surface area contributed by atoms with Crippen LogP contribution in [0.25, 0.3) is 28.1 Å². The molecule has 1 aromatic carbocycles. The summed E-state index contributed by atoms with van der Waals surface area (Å²) in [5.74, 6) is 0.638. The van der Waals surface area contributed by atoms with Gasteiger partial charge in [0, 0.05) is 39.3 Å². The van der Waals surface area contributed by atoms with Crippen molar-refractivity contribution in [2.24, 2.45) is 0 Å². The number of imidazole rings is 1. The quantitative estimate of drug-likeness (QED) is 0.363. The van der Waals surface area contributed by atoms with Crippen LogP contribution in [0.4, 0.5) is 16.0 Å². The van der Waals surface area contributed by atoms with Crippen molar-refractivity contribution in [2.45, 2.75) is 26.0 Å². The minimum absolute atomic E-state index is 0.285. The SMILES string of the molecule is CC(C)(O)c1ccc(N2CCN(CCn3cnc4c3nc(N)n3nc(-c5ccco5)cc43)CC2)c(F)c1. The molecule has 11 heteroatoms. The highest BCUT2D eigenvalue weighted by Gasteiger charge is 2.23. The molecule has 6 rings (SSSR count). The van der Waals surface area contributed by atoms with E-state index < -0.39 is 5.60 Å². The average molecular weight is 505 g/mol. The Labute approximate surface area is 212 Å². The summed E-state index contributed by atoms with van der Waals surface area (Å²) in [5, 5.41) is 14.7. The molecule has 3 N–H and O–H groups in total. The number of nitrogens with zero attached hydrogens (tertiary/aromatic N) is 7. The fourth-order valence-corrected chi connectivity index (χ4v) is 4.87. The number of benzene rings is 1. The lowest BCUT2D eigenvalue weighted by Crippen LogP contribution is -2.47. The molecule has 0 aliphatic carbocycles. The predicted octanol–water partition coefficient (Wildman–Crippen LogP) is 3.11. The molecule has 5 heterocycles. The van der Waals surface area contributed by atoms with Gasteiger partial charge in [-0.25, -0.2) is 9.37 Å². The van der Waals surface area contributed by atoms with Gasteiger partial charge >= 0.3 is 0 Å². The van der Waals surface area contributed by atoms with Crippen LogP contribution in [0.3, 0.4) is 0 Å². The number of nitrogen functional groups attached to an aromatic ring is 1. The van der Waals surface area contributed by atoms with E-state index in [-0.39, 0.29) is 11.8 Å². The average Bonchev–Trinajstić information content (AvgIpc) is 3.62. The van der Waals surface area contributed by atoms with E-state index in [1.165, 1.54) is 6.07 Å². The van der Waals surface area contributed by atoms with Crippen LogP contribution < -0.4 is 10.6 Å². The second kappa shape index (κ2) is 8.86. The first-order valence-corrected chi connectivity index (χ1v) is 12.3. The van der Waals surface area contributed by atoms with E-state index in [0.717, 1.165) is 43.8 Å². The molecule has 10 nitrogen and oxygen atoms in total. The molecule has 1 aliphatic heterocycles. The fourth-order valence-electron chi connectivity index (χ4n) is 4.87. The zero-order valence-electron chi connectivity index (χ0n) is 20.8. The summed E-state index contributed by atoms with van der Waals surface area (Å²) in [4.78, 5) is 13.6. The third kappa shape index (κ3) is 4.30. The maximum atomic E-state index is 14.8. The number of hydrogen-bond donors (Lipinski definition) is 2. The Hall–Kier alpha value is -3.96. The summed E-state index contributed by atoms with van der Waals surface area (Å²) >= 11 is 0. The lowest BCUT2D eigenvalue weighted by Gasteiger charge is -2.36. The van der Waals surface area contributed by atoms with Gasteiger partial charge in [0.05, 0.1) is 23.9 Å². The summed E-state index contributed by atoms with van der Waals surface area (Å²) in [6.45, 7) is 7.90. The van der Waals surface area contributed by atoms with Crippen molar-refractivity contribution in [1.29, 1.82) is 0 Å². The number of piperazine rings is 1. The smallest absolute Gasteiger partial charge is 0.223 e. The van der Waals surface area contributed by atoms with E-state index in [9.17, 15) is 9.50 Å². The zero-order chi connectivity index (χ0) is 25.7. The van der Waals surface area contributed by atoms with E-state index in [2.05, 4.69) is 24.9 Å². The van der Waals surface area contributed by atoms with Crippen molar-refractivity contribution in [3.63, 3.8) is 0 Å². The number of aliphatic hydroxyl groups is 1. The summed E-state index contributed by atoms with van der Waals surface area (Å²) in [7, 11) is 0. The highest BCUT2D eigenvalue weighted by atomic mass is 19.1. The van der Waals surface area contributed by atoms with E-state index in [1.807, 2.05) is 22.8 Å². The molecule has 0 saturated carbocycles. The summed E-state index contributed by atoms with van der Waals surface area (Å²) in [6, 6.07) is 10.6. The molecule has 37 heavy (non-hydrogen) atoms. The largest absolute Gasteiger partial charge is 0.463 e. The van der Waals surface area contributed by atoms with Gasteiger partial charge in [-0.2, -0.15) is 14.6 Å². The molecule has 5 aromatic rings. The van der Waals surface area contributed by atoms with Crippen LogP contribution in [0.15, 0.2) is 53.4 Å². The van der Waals surface area contributed by atoms with Crippen molar-refractivity contribution in [3.8, 4) is 11.5 Å². The Bertz CT molecular complexity index is 1560. The van der Waals surface area contributed by atoms with E-state index in [4.69, 9.17) is 10.2 Å². The molecule has 0 radical (unpaired) electrons. The van der Waals surface area contributed by atoms with Crippen molar-refractivity contribution in [1.82, 2.24) is 29.0 Å². The third-order valence-corrected chi connectivity index (χ3v) is 7.00. The molecule has 0 spiro atoms. The number of nitrogens with two attached hydrogens (primary N) is 1.